The van der Waals surface area contributed by atoms with E-state index in [2.05, 4.69) is 5.43 Å². The van der Waals surface area contributed by atoms with Crippen molar-refractivity contribution in [2.75, 3.05) is 6.61 Å². The predicted molar refractivity (Wildman–Crippen MR) is 116 cm³/mol. The van der Waals surface area contributed by atoms with Gasteiger partial charge in [0.2, 0.25) is 0 Å². The second kappa shape index (κ2) is 8.41. The molecule has 1 aliphatic rings. The van der Waals surface area contributed by atoms with Crippen molar-refractivity contribution in [2.45, 2.75) is 53.2 Å². The van der Waals surface area contributed by atoms with Crippen molar-refractivity contribution in [3.63, 3.8) is 0 Å². The molecule has 2 aromatic rings. The number of aryl methyl sites for hydroxylation is 2. The summed E-state index contributed by atoms with van der Waals surface area (Å²) in [6.07, 6.45) is -0.0550. The predicted octanol–water partition coefficient (Wildman–Crippen LogP) is 3.54. The van der Waals surface area contributed by atoms with Gasteiger partial charge in [0.05, 0.1) is 5.54 Å². The topological polar surface area (TPSA) is 84.9 Å². The van der Waals surface area contributed by atoms with Gasteiger partial charge in [-0.15, -0.1) is 0 Å². The van der Waals surface area contributed by atoms with E-state index in [1.807, 2.05) is 40.7 Å². The normalized spacial score (nSPS) is 15.2. The highest BCUT2D eigenvalue weighted by molar-refractivity contribution is 6.00. The lowest BCUT2D eigenvalue weighted by Gasteiger charge is -2.36. The third kappa shape index (κ3) is 4.71. The smallest absolute Gasteiger partial charge is 0.272 e. The van der Waals surface area contributed by atoms with Crippen LogP contribution in [-0.2, 0) is 4.79 Å². The number of nitrogens with zero attached hydrogens (tertiary/aromatic N) is 1. The van der Waals surface area contributed by atoms with Crippen molar-refractivity contribution in [3.8, 4) is 11.5 Å². The Bertz CT molecular complexity index is 1020. The molecule has 1 atom stereocenters. The van der Waals surface area contributed by atoms with Crippen LogP contribution in [0.5, 0.6) is 11.5 Å². The molecule has 1 aliphatic heterocycles. The SMILES string of the molecule is Cc1cc(C)cc(C(=O)N(NC(=O)c2ccc3c(c2C)OC(C=O)CO3)C(C)(C)C)c1. The lowest BCUT2D eigenvalue weighted by atomic mass is 10.0. The molecular formula is C24H28N2O5. The van der Waals surface area contributed by atoms with Crippen molar-refractivity contribution < 1.29 is 23.9 Å². The Labute approximate surface area is 182 Å². The second-order valence-electron chi connectivity index (χ2n) is 8.80. The van der Waals surface area contributed by atoms with Gasteiger partial charge in [-0.3, -0.25) is 19.8 Å². The van der Waals surface area contributed by atoms with E-state index in [-0.39, 0.29) is 12.5 Å². The molecule has 0 aliphatic carbocycles. The fourth-order valence-electron chi connectivity index (χ4n) is 3.51. The lowest BCUT2D eigenvalue weighted by Crippen LogP contribution is -2.56. The summed E-state index contributed by atoms with van der Waals surface area (Å²) in [5, 5.41) is 1.34. The van der Waals surface area contributed by atoms with Crippen LogP contribution in [0.15, 0.2) is 30.3 Å². The zero-order valence-corrected chi connectivity index (χ0v) is 18.7. The summed E-state index contributed by atoms with van der Waals surface area (Å²) in [6.45, 7) is 11.2. The van der Waals surface area contributed by atoms with Gasteiger partial charge in [-0.25, -0.2) is 5.01 Å². The molecule has 3 rings (SSSR count). The third-order valence-electron chi connectivity index (χ3n) is 4.99. The van der Waals surface area contributed by atoms with Crippen LogP contribution in [0.1, 0.15) is 58.2 Å². The fraction of sp³-hybridized carbons (Fsp3) is 0.375. The number of aldehydes is 1. The van der Waals surface area contributed by atoms with Crippen LogP contribution in [0.3, 0.4) is 0 Å². The van der Waals surface area contributed by atoms with Gasteiger partial charge < -0.3 is 9.47 Å². The molecule has 31 heavy (non-hydrogen) atoms. The van der Waals surface area contributed by atoms with Gasteiger partial charge in [-0.1, -0.05) is 17.2 Å². The van der Waals surface area contributed by atoms with E-state index in [1.54, 1.807) is 31.2 Å². The standard InChI is InChI=1S/C24H28N2O5/c1-14-9-15(2)11-17(10-14)23(29)26(24(4,5)6)25-22(28)19-7-8-20-21(16(19)3)31-18(12-27)13-30-20/h7-12,18H,13H2,1-6H3,(H,25,28). The van der Waals surface area contributed by atoms with Crippen LogP contribution in [0.2, 0.25) is 0 Å². The number of hydrazine groups is 1. The number of benzene rings is 2. The minimum Gasteiger partial charge on any atom is -0.485 e. The third-order valence-corrected chi connectivity index (χ3v) is 4.99. The number of rotatable bonds is 3. The van der Waals surface area contributed by atoms with Crippen molar-refractivity contribution in [1.82, 2.24) is 10.4 Å². The number of hydrogen-bond donors (Lipinski definition) is 1. The van der Waals surface area contributed by atoms with E-state index < -0.39 is 17.6 Å². The Morgan fingerprint density at radius 2 is 1.74 bits per heavy atom. The first-order chi connectivity index (χ1) is 14.5. The van der Waals surface area contributed by atoms with Gasteiger partial charge in [0.1, 0.15) is 6.61 Å². The maximum atomic E-state index is 13.3. The average Bonchev–Trinajstić information content (AvgIpc) is 2.70. The molecule has 0 spiro atoms. The lowest BCUT2D eigenvalue weighted by molar-refractivity contribution is -0.115. The van der Waals surface area contributed by atoms with Crippen molar-refractivity contribution in [1.29, 1.82) is 0 Å². The molecule has 1 N–H and O–H groups in total. The van der Waals surface area contributed by atoms with Gasteiger partial charge >= 0.3 is 0 Å². The molecule has 164 valence electrons. The van der Waals surface area contributed by atoms with E-state index in [1.165, 1.54) is 5.01 Å². The molecule has 1 heterocycles. The molecule has 0 saturated carbocycles. The summed E-state index contributed by atoms with van der Waals surface area (Å²) < 4.78 is 11.2. The van der Waals surface area contributed by atoms with E-state index in [0.29, 0.717) is 34.5 Å². The monoisotopic (exact) mass is 424 g/mol. The van der Waals surface area contributed by atoms with Crippen LogP contribution in [0.4, 0.5) is 0 Å². The highest BCUT2D eigenvalue weighted by Gasteiger charge is 2.31. The maximum absolute atomic E-state index is 13.3. The first-order valence-electron chi connectivity index (χ1n) is 10.1. The van der Waals surface area contributed by atoms with Crippen LogP contribution < -0.4 is 14.9 Å². The van der Waals surface area contributed by atoms with Gasteiger partial charge in [0, 0.05) is 16.7 Å². The summed E-state index contributed by atoms with van der Waals surface area (Å²) in [7, 11) is 0. The highest BCUT2D eigenvalue weighted by Crippen LogP contribution is 2.36. The van der Waals surface area contributed by atoms with E-state index >= 15 is 0 Å². The number of carbonyl (C=O) groups excluding carboxylic acids is 3. The van der Waals surface area contributed by atoms with E-state index in [0.717, 1.165) is 11.1 Å². The molecule has 1 unspecified atom stereocenters. The van der Waals surface area contributed by atoms with Crippen molar-refractivity contribution >= 4 is 18.1 Å². The zero-order chi connectivity index (χ0) is 22.9. The average molecular weight is 424 g/mol. The highest BCUT2D eigenvalue weighted by atomic mass is 16.6. The Morgan fingerprint density at radius 3 is 2.32 bits per heavy atom. The molecule has 0 saturated heterocycles. The maximum Gasteiger partial charge on any atom is 0.272 e. The summed E-state index contributed by atoms with van der Waals surface area (Å²) >= 11 is 0. The number of amides is 2. The number of nitrogens with one attached hydrogen (secondary N) is 1. The zero-order valence-electron chi connectivity index (χ0n) is 18.7. The molecule has 2 amide bonds. The molecule has 0 bridgehead atoms. The molecule has 0 fully saturated rings. The summed E-state index contributed by atoms with van der Waals surface area (Å²) in [5.41, 5.74) is 5.39. The number of hydrogen-bond acceptors (Lipinski definition) is 5. The molecule has 0 aromatic heterocycles. The minimum absolute atomic E-state index is 0.129. The van der Waals surface area contributed by atoms with Gasteiger partial charge in [-0.05, 0) is 65.8 Å². The number of carbonyl (C=O) groups is 3. The quantitative estimate of drug-likeness (QED) is 0.602. The van der Waals surface area contributed by atoms with Crippen molar-refractivity contribution in [3.05, 3.63) is 58.1 Å². The first kappa shape index (κ1) is 22.3. The van der Waals surface area contributed by atoms with Gasteiger partial charge in [-0.2, -0.15) is 0 Å². The van der Waals surface area contributed by atoms with Crippen LogP contribution in [0.25, 0.3) is 0 Å². The first-order valence-corrected chi connectivity index (χ1v) is 10.1. The molecular weight excluding hydrogens is 396 g/mol. The van der Waals surface area contributed by atoms with Crippen molar-refractivity contribution in [2.24, 2.45) is 0 Å². The van der Waals surface area contributed by atoms with Gasteiger partial charge in [0.25, 0.3) is 11.8 Å². The van der Waals surface area contributed by atoms with Gasteiger partial charge in [0.15, 0.2) is 23.9 Å². The summed E-state index contributed by atoms with van der Waals surface area (Å²) in [4.78, 5) is 37.5. The number of fused-ring (bicyclic) bond motifs is 1. The second-order valence-corrected chi connectivity index (χ2v) is 8.80. The molecule has 7 nitrogen and oxygen atoms in total. The Hall–Kier alpha value is -3.35. The van der Waals surface area contributed by atoms with Crippen LogP contribution in [0, 0.1) is 20.8 Å². The Balaban J connectivity index is 1.92. The minimum atomic E-state index is -0.721. The summed E-state index contributed by atoms with van der Waals surface area (Å²) in [5.74, 6) is 0.0822. The fourth-order valence-corrected chi connectivity index (χ4v) is 3.51. The Kier molecular flexibility index (Phi) is 6.06. The van der Waals surface area contributed by atoms with Crippen LogP contribution in [-0.4, -0.2) is 41.4 Å². The summed E-state index contributed by atoms with van der Waals surface area (Å²) in [6, 6.07) is 8.84. The van der Waals surface area contributed by atoms with Crippen LogP contribution >= 0.6 is 0 Å². The Morgan fingerprint density at radius 1 is 1.10 bits per heavy atom. The molecule has 2 aromatic carbocycles. The number of ether oxygens (including phenoxy) is 2. The largest absolute Gasteiger partial charge is 0.485 e. The molecule has 0 radical (unpaired) electrons. The van der Waals surface area contributed by atoms with E-state index in [9.17, 15) is 14.4 Å². The molecule has 7 heteroatoms. The van der Waals surface area contributed by atoms with E-state index in [4.69, 9.17) is 9.47 Å².